The summed E-state index contributed by atoms with van der Waals surface area (Å²) >= 11 is 4.89. The summed E-state index contributed by atoms with van der Waals surface area (Å²) in [4.78, 5) is 12.5. The maximum absolute atomic E-state index is 11.5. The second-order valence-electron chi connectivity index (χ2n) is 3.68. The highest BCUT2D eigenvalue weighted by Crippen LogP contribution is 2.34. The van der Waals surface area contributed by atoms with E-state index in [1.54, 1.807) is 17.4 Å². The maximum atomic E-state index is 11.5. The first-order valence-corrected chi connectivity index (χ1v) is 6.46. The molecule has 0 spiro atoms. The first-order chi connectivity index (χ1) is 7.63. The van der Waals surface area contributed by atoms with Crippen molar-refractivity contribution in [3.05, 3.63) is 26.9 Å². The zero-order valence-electron chi connectivity index (χ0n) is 8.37. The summed E-state index contributed by atoms with van der Waals surface area (Å²) in [6.45, 7) is 0. The zero-order valence-corrected chi connectivity index (χ0v) is 10.8. The van der Waals surface area contributed by atoms with Gasteiger partial charge in [-0.3, -0.25) is 4.79 Å². The minimum Gasteiger partial charge on any atom is -0.334 e. The van der Waals surface area contributed by atoms with Crippen LogP contribution in [0.2, 0.25) is 0 Å². The first kappa shape index (κ1) is 11.4. The van der Waals surface area contributed by atoms with E-state index in [0.29, 0.717) is 0 Å². The van der Waals surface area contributed by atoms with Gasteiger partial charge in [-0.15, -0.1) is 11.3 Å². The molecule has 1 aliphatic carbocycles. The molecule has 1 aliphatic rings. The molecule has 0 radical (unpaired) electrons. The van der Waals surface area contributed by atoms with Gasteiger partial charge in [0.15, 0.2) is 0 Å². The largest absolute Gasteiger partial charge is 0.334 e. The SMILES string of the molecule is N#CC1(NC(=O)/C=C/c2cc(Br)cs2)CC1. The van der Waals surface area contributed by atoms with Crippen LogP contribution in [0.1, 0.15) is 17.7 Å². The highest BCUT2D eigenvalue weighted by atomic mass is 79.9. The molecule has 82 valence electrons. The van der Waals surface area contributed by atoms with E-state index in [2.05, 4.69) is 27.3 Å². The Balaban J connectivity index is 1.93. The van der Waals surface area contributed by atoms with Crippen LogP contribution in [-0.4, -0.2) is 11.4 Å². The second-order valence-corrected chi connectivity index (χ2v) is 5.54. The molecule has 0 aliphatic heterocycles. The van der Waals surface area contributed by atoms with Crippen LogP contribution >= 0.6 is 27.3 Å². The molecule has 0 saturated heterocycles. The molecule has 1 amide bonds. The van der Waals surface area contributed by atoms with Gasteiger partial charge in [0, 0.05) is 20.8 Å². The third-order valence-electron chi connectivity index (χ3n) is 2.31. The fourth-order valence-electron chi connectivity index (χ4n) is 1.24. The van der Waals surface area contributed by atoms with Crippen LogP contribution < -0.4 is 5.32 Å². The molecule has 0 aromatic carbocycles. The molecule has 16 heavy (non-hydrogen) atoms. The number of carbonyl (C=O) groups is 1. The number of thiophene rings is 1. The zero-order chi connectivity index (χ0) is 11.6. The second kappa shape index (κ2) is 4.40. The van der Waals surface area contributed by atoms with E-state index < -0.39 is 5.54 Å². The molecule has 1 heterocycles. The summed E-state index contributed by atoms with van der Waals surface area (Å²) < 4.78 is 1.01. The molecule has 1 fully saturated rings. The van der Waals surface area contributed by atoms with Crippen molar-refractivity contribution >= 4 is 39.2 Å². The molecule has 0 atom stereocenters. The van der Waals surface area contributed by atoms with Crippen molar-refractivity contribution < 1.29 is 4.79 Å². The van der Waals surface area contributed by atoms with Gasteiger partial charge in [0.05, 0.1) is 6.07 Å². The van der Waals surface area contributed by atoms with E-state index in [4.69, 9.17) is 5.26 Å². The Morgan fingerprint density at radius 3 is 2.94 bits per heavy atom. The predicted octanol–water partition coefficient (Wildman–Crippen LogP) is 2.70. The lowest BCUT2D eigenvalue weighted by molar-refractivity contribution is -0.117. The van der Waals surface area contributed by atoms with Crippen molar-refractivity contribution in [1.29, 1.82) is 5.26 Å². The average molecular weight is 297 g/mol. The van der Waals surface area contributed by atoms with Gasteiger partial charge in [0.1, 0.15) is 5.54 Å². The van der Waals surface area contributed by atoms with E-state index in [9.17, 15) is 4.79 Å². The molecular weight excluding hydrogens is 288 g/mol. The summed E-state index contributed by atoms with van der Waals surface area (Å²) in [5.41, 5.74) is -0.586. The molecule has 1 aromatic rings. The molecule has 1 N–H and O–H groups in total. The smallest absolute Gasteiger partial charge is 0.245 e. The number of halogens is 1. The summed E-state index contributed by atoms with van der Waals surface area (Å²) in [5, 5.41) is 13.5. The summed E-state index contributed by atoms with van der Waals surface area (Å²) in [7, 11) is 0. The quantitative estimate of drug-likeness (QED) is 0.872. The lowest BCUT2D eigenvalue weighted by Gasteiger charge is -2.04. The Bertz CT molecular complexity index is 482. The highest BCUT2D eigenvalue weighted by Gasteiger charge is 2.44. The van der Waals surface area contributed by atoms with Crippen molar-refractivity contribution in [3.63, 3.8) is 0 Å². The molecule has 0 unspecified atom stereocenters. The molecule has 1 saturated carbocycles. The van der Waals surface area contributed by atoms with Crippen LogP contribution in [0, 0.1) is 11.3 Å². The van der Waals surface area contributed by atoms with E-state index in [-0.39, 0.29) is 5.91 Å². The Kier molecular flexibility index (Phi) is 3.13. The van der Waals surface area contributed by atoms with Crippen molar-refractivity contribution in [2.24, 2.45) is 0 Å². The third-order valence-corrected chi connectivity index (χ3v) is 3.97. The fourth-order valence-corrected chi connectivity index (χ4v) is 2.58. The van der Waals surface area contributed by atoms with Gasteiger partial charge in [-0.05, 0) is 40.9 Å². The third kappa shape index (κ3) is 2.71. The van der Waals surface area contributed by atoms with E-state index in [1.807, 2.05) is 11.4 Å². The van der Waals surface area contributed by atoms with E-state index in [0.717, 1.165) is 22.2 Å². The van der Waals surface area contributed by atoms with E-state index in [1.165, 1.54) is 6.08 Å². The normalized spacial score (nSPS) is 17.0. The Morgan fingerprint density at radius 1 is 1.69 bits per heavy atom. The molecule has 2 rings (SSSR count). The van der Waals surface area contributed by atoms with Crippen LogP contribution in [0.4, 0.5) is 0 Å². The predicted molar refractivity (Wildman–Crippen MR) is 66.8 cm³/mol. The lowest BCUT2D eigenvalue weighted by Crippen LogP contribution is -2.34. The Labute approximate surface area is 106 Å². The van der Waals surface area contributed by atoms with Gasteiger partial charge in [-0.1, -0.05) is 0 Å². The number of nitrogens with one attached hydrogen (secondary N) is 1. The number of nitriles is 1. The number of carbonyl (C=O) groups excluding carboxylic acids is 1. The minimum absolute atomic E-state index is 0.205. The van der Waals surface area contributed by atoms with Crippen LogP contribution in [0.3, 0.4) is 0 Å². The summed E-state index contributed by atoms with van der Waals surface area (Å²) in [6.07, 6.45) is 4.73. The molecular formula is C11H9BrN2OS. The fraction of sp³-hybridized carbons (Fsp3) is 0.273. The Morgan fingerprint density at radius 2 is 2.44 bits per heavy atom. The van der Waals surface area contributed by atoms with Gasteiger partial charge in [-0.2, -0.15) is 5.26 Å². The molecule has 0 bridgehead atoms. The molecule has 1 aromatic heterocycles. The Hall–Kier alpha value is -1.12. The van der Waals surface area contributed by atoms with Gasteiger partial charge in [0.25, 0.3) is 0 Å². The number of amides is 1. The van der Waals surface area contributed by atoms with Gasteiger partial charge < -0.3 is 5.32 Å². The van der Waals surface area contributed by atoms with Crippen molar-refractivity contribution in [2.75, 3.05) is 0 Å². The minimum atomic E-state index is -0.586. The first-order valence-electron chi connectivity index (χ1n) is 4.79. The van der Waals surface area contributed by atoms with Crippen molar-refractivity contribution in [2.45, 2.75) is 18.4 Å². The van der Waals surface area contributed by atoms with Gasteiger partial charge in [-0.25, -0.2) is 0 Å². The lowest BCUT2D eigenvalue weighted by atomic mass is 10.3. The van der Waals surface area contributed by atoms with Crippen LogP contribution in [0.15, 0.2) is 22.0 Å². The number of rotatable bonds is 3. The number of nitrogens with zero attached hydrogens (tertiary/aromatic N) is 1. The topological polar surface area (TPSA) is 52.9 Å². The van der Waals surface area contributed by atoms with Crippen molar-refractivity contribution in [1.82, 2.24) is 5.32 Å². The molecule has 5 heteroatoms. The van der Waals surface area contributed by atoms with Gasteiger partial charge in [0.2, 0.25) is 5.91 Å². The van der Waals surface area contributed by atoms with Crippen LogP contribution in [0.25, 0.3) is 6.08 Å². The van der Waals surface area contributed by atoms with Crippen LogP contribution in [0.5, 0.6) is 0 Å². The molecule has 3 nitrogen and oxygen atoms in total. The van der Waals surface area contributed by atoms with E-state index >= 15 is 0 Å². The van der Waals surface area contributed by atoms with Crippen LogP contribution in [-0.2, 0) is 4.79 Å². The highest BCUT2D eigenvalue weighted by molar-refractivity contribution is 9.10. The monoisotopic (exact) mass is 296 g/mol. The maximum Gasteiger partial charge on any atom is 0.245 e. The summed E-state index contributed by atoms with van der Waals surface area (Å²) in [6, 6.07) is 4.05. The van der Waals surface area contributed by atoms with Crippen molar-refractivity contribution in [3.8, 4) is 6.07 Å². The number of hydrogen-bond donors (Lipinski definition) is 1. The summed E-state index contributed by atoms with van der Waals surface area (Å²) in [5.74, 6) is -0.205. The van der Waals surface area contributed by atoms with Gasteiger partial charge >= 0.3 is 0 Å². The number of hydrogen-bond acceptors (Lipinski definition) is 3. The standard InChI is InChI=1S/C11H9BrN2OS/c12-8-5-9(16-6-8)1-2-10(15)14-11(7-13)3-4-11/h1-2,5-6H,3-4H2,(H,14,15)/b2-1+. The average Bonchev–Trinajstić information content (AvgIpc) is 2.91.